The first kappa shape index (κ1) is 21.6. The molecule has 2 aromatic rings. The predicted octanol–water partition coefficient (Wildman–Crippen LogP) is 3.00. The number of nitrogen functional groups attached to an aromatic ring is 1. The van der Waals surface area contributed by atoms with Crippen molar-refractivity contribution >= 4 is 29.6 Å². The van der Waals surface area contributed by atoms with Crippen molar-refractivity contribution in [1.82, 2.24) is 24.8 Å². The van der Waals surface area contributed by atoms with Gasteiger partial charge in [-0.15, -0.1) is 0 Å². The average molecular weight is 444 g/mol. The van der Waals surface area contributed by atoms with E-state index >= 15 is 0 Å². The quantitative estimate of drug-likeness (QED) is 0.565. The summed E-state index contributed by atoms with van der Waals surface area (Å²) in [6, 6.07) is 0. The second kappa shape index (κ2) is 7.81. The zero-order valence-electron chi connectivity index (χ0n) is 18.7. The van der Waals surface area contributed by atoms with Gasteiger partial charge in [0, 0.05) is 43.2 Å². The molecule has 2 aliphatic rings. The summed E-state index contributed by atoms with van der Waals surface area (Å²) < 4.78 is 5.59. The maximum absolute atomic E-state index is 12.6. The first-order valence-corrected chi connectivity index (χ1v) is 11.6. The molecule has 31 heavy (non-hydrogen) atoms. The highest BCUT2D eigenvalue weighted by atomic mass is 32.2. The highest BCUT2D eigenvalue weighted by Gasteiger charge is 2.45. The van der Waals surface area contributed by atoms with Gasteiger partial charge < -0.3 is 20.3 Å². The highest BCUT2D eigenvalue weighted by molar-refractivity contribution is 7.98. The van der Waals surface area contributed by atoms with Crippen LogP contribution in [0.15, 0.2) is 17.6 Å². The monoisotopic (exact) mass is 443 g/mol. The molecule has 10 heteroatoms. The van der Waals surface area contributed by atoms with Crippen LogP contribution in [-0.2, 0) is 11.2 Å². The normalized spacial score (nSPS) is 20.8. The summed E-state index contributed by atoms with van der Waals surface area (Å²) in [6.45, 7) is 9.94. The van der Waals surface area contributed by atoms with Crippen molar-refractivity contribution in [3.8, 4) is 11.3 Å². The standard InChI is InChI=1S/C21H29N7O2S/c1-20(2,3)30-19(29)27-9-7-21(4,12-27)28-8-6-14-15(13-10-23-17(22)24-11-13)25-18(31-5)26-16(14)28/h10-11H,6-9,12H2,1-5H3,(H2,22,23,24)/t21-/m0/s1. The lowest BCUT2D eigenvalue weighted by Crippen LogP contribution is -2.49. The van der Waals surface area contributed by atoms with Gasteiger partial charge in [-0.05, 0) is 46.8 Å². The zero-order valence-corrected chi connectivity index (χ0v) is 19.5. The van der Waals surface area contributed by atoms with Crippen LogP contribution in [0.4, 0.5) is 16.6 Å². The van der Waals surface area contributed by atoms with Gasteiger partial charge >= 0.3 is 6.09 Å². The number of hydrogen-bond acceptors (Lipinski definition) is 9. The SMILES string of the molecule is CSc1nc(-c2cnc(N)nc2)c2c(n1)N([C@@]1(C)CCN(C(=O)OC(C)(C)C)C1)CC2. The fraction of sp³-hybridized carbons (Fsp3) is 0.571. The van der Waals surface area contributed by atoms with E-state index in [9.17, 15) is 4.79 Å². The largest absolute Gasteiger partial charge is 0.444 e. The van der Waals surface area contributed by atoms with E-state index in [1.54, 1.807) is 17.3 Å². The Kier molecular flexibility index (Phi) is 5.45. The van der Waals surface area contributed by atoms with E-state index in [2.05, 4.69) is 21.8 Å². The molecule has 1 saturated heterocycles. The van der Waals surface area contributed by atoms with Crippen molar-refractivity contribution in [2.24, 2.45) is 0 Å². The molecule has 1 atom stereocenters. The Labute approximate surface area is 186 Å². The Morgan fingerprint density at radius 3 is 2.58 bits per heavy atom. The number of aromatic nitrogens is 4. The van der Waals surface area contributed by atoms with Gasteiger partial charge in [0.05, 0.1) is 11.2 Å². The Morgan fingerprint density at radius 1 is 1.23 bits per heavy atom. The number of rotatable bonds is 3. The zero-order chi connectivity index (χ0) is 22.4. The number of thioether (sulfide) groups is 1. The number of carbonyl (C=O) groups excluding carboxylic acids is 1. The van der Waals surface area contributed by atoms with Crippen LogP contribution in [0.1, 0.15) is 39.7 Å². The average Bonchev–Trinajstić information content (AvgIpc) is 3.31. The molecule has 166 valence electrons. The van der Waals surface area contributed by atoms with Gasteiger partial charge in [0.2, 0.25) is 5.95 Å². The molecule has 0 aromatic carbocycles. The molecular formula is C21H29N7O2S. The van der Waals surface area contributed by atoms with E-state index in [0.29, 0.717) is 18.2 Å². The fourth-order valence-electron chi connectivity index (χ4n) is 4.20. The molecular weight excluding hydrogens is 414 g/mol. The second-order valence-corrected chi connectivity index (χ2v) is 10.0. The Bertz CT molecular complexity index is 992. The summed E-state index contributed by atoms with van der Waals surface area (Å²) in [7, 11) is 0. The molecule has 4 heterocycles. The maximum Gasteiger partial charge on any atom is 0.410 e. The van der Waals surface area contributed by atoms with E-state index in [-0.39, 0.29) is 17.6 Å². The minimum absolute atomic E-state index is 0.221. The first-order chi connectivity index (χ1) is 14.6. The van der Waals surface area contributed by atoms with Gasteiger partial charge in [-0.3, -0.25) is 0 Å². The van der Waals surface area contributed by atoms with Crippen LogP contribution in [0.25, 0.3) is 11.3 Å². The minimum Gasteiger partial charge on any atom is -0.444 e. The van der Waals surface area contributed by atoms with Crippen molar-refractivity contribution in [1.29, 1.82) is 0 Å². The van der Waals surface area contributed by atoms with Crippen molar-refractivity contribution in [3.63, 3.8) is 0 Å². The number of anilines is 2. The van der Waals surface area contributed by atoms with Crippen molar-refractivity contribution in [3.05, 3.63) is 18.0 Å². The molecule has 0 unspecified atom stereocenters. The van der Waals surface area contributed by atoms with Crippen LogP contribution in [0, 0.1) is 0 Å². The summed E-state index contributed by atoms with van der Waals surface area (Å²) in [5.41, 5.74) is 7.70. The van der Waals surface area contributed by atoms with Crippen LogP contribution >= 0.6 is 11.8 Å². The van der Waals surface area contributed by atoms with E-state index in [4.69, 9.17) is 20.4 Å². The van der Waals surface area contributed by atoms with Gasteiger partial charge in [0.1, 0.15) is 11.4 Å². The van der Waals surface area contributed by atoms with Crippen molar-refractivity contribution in [2.75, 3.05) is 36.5 Å². The lowest BCUT2D eigenvalue weighted by atomic mass is 9.99. The minimum atomic E-state index is -0.507. The third kappa shape index (κ3) is 4.26. The molecule has 0 aliphatic carbocycles. The summed E-state index contributed by atoms with van der Waals surface area (Å²) in [5.74, 6) is 1.17. The number of nitrogens with two attached hydrogens (primary N) is 1. The van der Waals surface area contributed by atoms with Gasteiger partial charge in [-0.1, -0.05) is 11.8 Å². The number of carbonyl (C=O) groups is 1. The van der Waals surface area contributed by atoms with E-state index in [1.165, 1.54) is 11.8 Å². The van der Waals surface area contributed by atoms with E-state index in [0.717, 1.165) is 42.0 Å². The summed E-state index contributed by atoms with van der Waals surface area (Å²) in [6.07, 6.45) is 6.79. The number of nitrogens with zero attached hydrogens (tertiary/aromatic N) is 6. The Balaban J connectivity index is 1.65. The maximum atomic E-state index is 12.6. The summed E-state index contributed by atoms with van der Waals surface area (Å²) >= 11 is 1.50. The molecule has 9 nitrogen and oxygen atoms in total. The lowest BCUT2D eigenvalue weighted by molar-refractivity contribution is 0.0285. The third-order valence-electron chi connectivity index (χ3n) is 5.69. The third-order valence-corrected chi connectivity index (χ3v) is 6.24. The number of hydrogen-bond donors (Lipinski definition) is 1. The number of likely N-dealkylation sites (tertiary alicyclic amines) is 1. The van der Waals surface area contributed by atoms with Gasteiger partial charge in [0.25, 0.3) is 0 Å². The molecule has 1 amide bonds. The van der Waals surface area contributed by atoms with Crippen LogP contribution < -0.4 is 10.6 Å². The lowest BCUT2D eigenvalue weighted by Gasteiger charge is -2.37. The first-order valence-electron chi connectivity index (χ1n) is 10.4. The molecule has 2 aromatic heterocycles. The number of amides is 1. The number of ether oxygens (including phenoxy) is 1. The molecule has 2 N–H and O–H groups in total. The molecule has 0 bridgehead atoms. The predicted molar refractivity (Wildman–Crippen MR) is 121 cm³/mol. The van der Waals surface area contributed by atoms with Crippen LogP contribution in [0.3, 0.4) is 0 Å². The second-order valence-electron chi connectivity index (χ2n) is 9.24. The Morgan fingerprint density at radius 2 is 1.94 bits per heavy atom. The summed E-state index contributed by atoms with van der Waals surface area (Å²) in [4.78, 5) is 34.6. The van der Waals surface area contributed by atoms with E-state index < -0.39 is 5.60 Å². The summed E-state index contributed by atoms with van der Waals surface area (Å²) in [5, 5.41) is 0.697. The molecule has 0 saturated carbocycles. The topological polar surface area (TPSA) is 110 Å². The van der Waals surface area contributed by atoms with Gasteiger partial charge in [-0.25, -0.2) is 24.7 Å². The molecule has 0 radical (unpaired) electrons. The van der Waals surface area contributed by atoms with E-state index in [1.807, 2.05) is 27.0 Å². The van der Waals surface area contributed by atoms with Gasteiger partial charge in [-0.2, -0.15) is 0 Å². The fourth-order valence-corrected chi connectivity index (χ4v) is 4.56. The van der Waals surface area contributed by atoms with Crippen LogP contribution in [0.5, 0.6) is 0 Å². The Hall–Kier alpha value is -2.62. The smallest absolute Gasteiger partial charge is 0.410 e. The van der Waals surface area contributed by atoms with Crippen LogP contribution in [0.2, 0.25) is 0 Å². The molecule has 1 fully saturated rings. The molecule has 0 spiro atoms. The molecule has 4 rings (SSSR count). The van der Waals surface area contributed by atoms with Gasteiger partial charge in [0.15, 0.2) is 5.16 Å². The van der Waals surface area contributed by atoms with Crippen LogP contribution in [-0.4, -0.2) is 68.0 Å². The molecule has 2 aliphatic heterocycles. The number of fused-ring (bicyclic) bond motifs is 1. The van der Waals surface area contributed by atoms with Crippen molar-refractivity contribution < 1.29 is 9.53 Å². The highest BCUT2D eigenvalue weighted by Crippen LogP contribution is 2.41. The van der Waals surface area contributed by atoms with Crippen molar-refractivity contribution in [2.45, 2.75) is 56.8 Å².